The van der Waals surface area contributed by atoms with Gasteiger partial charge in [-0.2, -0.15) is 0 Å². The molecular weight excluding hydrogens is 470 g/mol. The van der Waals surface area contributed by atoms with Crippen molar-refractivity contribution in [3.05, 3.63) is 60.2 Å². The SMILES string of the molecule is CC(C)C[C@@H](C(=O)OCC(=O)c1ccc(S(=O)(=O)c2ccccc2)cc1)N(C)C(=O)OC(C)(C)C. The number of hydrogen-bond donors (Lipinski definition) is 0. The first kappa shape index (κ1) is 28.0. The molecule has 0 spiro atoms. The molecule has 35 heavy (non-hydrogen) atoms. The number of Topliss-reactive ketones (excluding diaryl/α,β-unsaturated/α-hetero) is 1. The molecule has 1 amide bonds. The predicted molar refractivity (Wildman–Crippen MR) is 131 cm³/mol. The van der Waals surface area contributed by atoms with Crippen LogP contribution in [0.2, 0.25) is 0 Å². The largest absolute Gasteiger partial charge is 0.456 e. The van der Waals surface area contributed by atoms with Crippen molar-refractivity contribution in [3.63, 3.8) is 0 Å². The highest BCUT2D eigenvalue weighted by atomic mass is 32.2. The van der Waals surface area contributed by atoms with Crippen molar-refractivity contribution in [1.29, 1.82) is 0 Å². The molecule has 2 aromatic carbocycles. The summed E-state index contributed by atoms with van der Waals surface area (Å²) in [6.45, 7) is 8.44. The van der Waals surface area contributed by atoms with Crippen molar-refractivity contribution in [2.75, 3.05) is 13.7 Å². The monoisotopic (exact) mass is 503 g/mol. The molecule has 0 saturated carbocycles. The molecule has 2 rings (SSSR count). The summed E-state index contributed by atoms with van der Waals surface area (Å²) in [5, 5.41) is 0. The first-order chi connectivity index (χ1) is 16.2. The minimum Gasteiger partial charge on any atom is -0.456 e. The van der Waals surface area contributed by atoms with Crippen LogP contribution in [0.1, 0.15) is 51.4 Å². The predicted octanol–water partition coefficient (Wildman–Crippen LogP) is 4.53. The smallest absolute Gasteiger partial charge is 0.410 e. The minimum atomic E-state index is -3.71. The van der Waals surface area contributed by atoms with Crippen molar-refractivity contribution < 1.29 is 32.3 Å². The Balaban J connectivity index is 2.07. The highest BCUT2D eigenvalue weighted by molar-refractivity contribution is 7.91. The highest BCUT2D eigenvalue weighted by Crippen LogP contribution is 2.21. The minimum absolute atomic E-state index is 0.0493. The van der Waals surface area contributed by atoms with Crippen molar-refractivity contribution in [3.8, 4) is 0 Å². The van der Waals surface area contributed by atoms with Crippen LogP contribution in [0.5, 0.6) is 0 Å². The standard InChI is InChI=1S/C26H33NO7S/c1-18(2)16-22(27(6)25(30)34-26(3,4)5)24(29)33-17-23(28)19-12-14-21(15-13-19)35(31,32)20-10-8-7-9-11-20/h7-15,18,22H,16-17H2,1-6H3/t22-/m0/s1. The van der Waals surface area contributed by atoms with Crippen molar-refractivity contribution in [1.82, 2.24) is 4.90 Å². The molecule has 0 aliphatic rings. The van der Waals surface area contributed by atoms with E-state index in [1.54, 1.807) is 39.0 Å². The Bertz CT molecular complexity index is 1130. The molecule has 0 radical (unpaired) electrons. The number of likely N-dealkylation sites (N-methyl/N-ethyl adjacent to an activating group) is 1. The van der Waals surface area contributed by atoms with Gasteiger partial charge in [0, 0.05) is 12.6 Å². The van der Waals surface area contributed by atoms with Gasteiger partial charge in [0.2, 0.25) is 9.84 Å². The molecule has 2 aromatic rings. The van der Waals surface area contributed by atoms with Gasteiger partial charge in [-0.05, 0) is 69.5 Å². The maximum absolute atomic E-state index is 12.8. The zero-order valence-corrected chi connectivity index (χ0v) is 21.8. The van der Waals surface area contributed by atoms with Crippen molar-refractivity contribution in [2.45, 2.75) is 62.5 Å². The number of rotatable bonds is 9. The van der Waals surface area contributed by atoms with E-state index >= 15 is 0 Å². The summed E-state index contributed by atoms with van der Waals surface area (Å²) < 4.78 is 36.0. The first-order valence-corrected chi connectivity index (χ1v) is 12.8. The van der Waals surface area contributed by atoms with Gasteiger partial charge in [-0.25, -0.2) is 18.0 Å². The fraction of sp³-hybridized carbons (Fsp3) is 0.423. The van der Waals surface area contributed by atoms with Gasteiger partial charge in [0.25, 0.3) is 0 Å². The Morgan fingerprint density at radius 3 is 1.97 bits per heavy atom. The number of nitrogens with zero attached hydrogens (tertiary/aromatic N) is 1. The average molecular weight is 504 g/mol. The van der Waals surface area contributed by atoms with Crippen LogP contribution in [-0.2, 0) is 24.1 Å². The molecule has 0 aliphatic heterocycles. The normalized spacial score (nSPS) is 12.7. The molecule has 190 valence electrons. The number of esters is 1. The zero-order valence-electron chi connectivity index (χ0n) is 21.0. The lowest BCUT2D eigenvalue weighted by Gasteiger charge is -2.30. The third-order valence-corrected chi connectivity index (χ3v) is 6.79. The third kappa shape index (κ3) is 7.92. The third-order valence-electron chi connectivity index (χ3n) is 5.00. The number of benzene rings is 2. The van der Waals surface area contributed by atoms with E-state index in [1.165, 1.54) is 48.3 Å². The molecule has 9 heteroatoms. The van der Waals surface area contributed by atoms with E-state index in [9.17, 15) is 22.8 Å². The van der Waals surface area contributed by atoms with Crippen molar-refractivity contribution >= 4 is 27.7 Å². The lowest BCUT2D eigenvalue weighted by Crippen LogP contribution is -2.46. The summed E-state index contributed by atoms with van der Waals surface area (Å²) in [5.41, 5.74) is -0.529. The van der Waals surface area contributed by atoms with Gasteiger partial charge in [-0.15, -0.1) is 0 Å². The van der Waals surface area contributed by atoms with Crippen LogP contribution >= 0.6 is 0 Å². The van der Waals surface area contributed by atoms with Crippen LogP contribution in [0.3, 0.4) is 0 Å². The molecule has 0 bridgehead atoms. The molecule has 0 fully saturated rings. The van der Waals surface area contributed by atoms with Gasteiger partial charge in [0.15, 0.2) is 12.4 Å². The van der Waals surface area contributed by atoms with E-state index in [1.807, 2.05) is 13.8 Å². The first-order valence-electron chi connectivity index (χ1n) is 11.3. The van der Waals surface area contributed by atoms with Gasteiger partial charge in [0.05, 0.1) is 9.79 Å². The molecule has 0 aliphatic carbocycles. The number of carbonyl (C=O) groups excluding carboxylic acids is 3. The van der Waals surface area contributed by atoms with Crippen LogP contribution in [0, 0.1) is 5.92 Å². The summed E-state index contributed by atoms with van der Waals surface area (Å²) >= 11 is 0. The van der Waals surface area contributed by atoms with Crippen LogP contribution < -0.4 is 0 Å². The molecule has 0 unspecified atom stereocenters. The van der Waals surface area contributed by atoms with Gasteiger partial charge in [-0.3, -0.25) is 9.69 Å². The van der Waals surface area contributed by atoms with Gasteiger partial charge < -0.3 is 9.47 Å². The zero-order chi connectivity index (χ0) is 26.4. The molecule has 0 heterocycles. The van der Waals surface area contributed by atoms with Crippen LogP contribution in [0.4, 0.5) is 4.79 Å². The molecular formula is C26H33NO7S. The van der Waals surface area contributed by atoms with E-state index in [0.717, 1.165) is 0 Å². The van der Waals surface area contributed by atoms with E-state index in [2.05, 4.69) is 0 Å². The Morgan fingerprint density at radius 1 is 0.914 bits per heavy atom. The Hall–Kier alpha value is -3.20. The average Bonchev–Trinajstić information content (AvgIpc) is 2.79. The Labute approximate surface area is 207 Å². The molecule has 0 aromatic heterocycles. The van der Waals surface area contributed by atoms with E-state index in [4.69, 9.17) is 9.47 Å². The topological polar surface area (TPSA) is 107 Å². The summed E-state index contributed by atoms with van der Waals surface area (Å²) in [6, 6.07) is 12.5. The molecule has 0 saturated heterocycles. The number of ketones is 1. The van der Waals surface area contributed by atoms with Crippen LogP contribution in [0.15, 0.2) is 64.4 Å². The van der Waals surface area contributed by atoms with Gasteiger partial charge >= 0.3 is 12.1 Å². The lowest BCUT2D eigenvalue weighted by molar-refractivity contribution is -0.148. The molecule has 0 N–H and O–H groups in total. The maximum atomic E-state index is 12.8. The van der Waals surface area contributed by atoms with E-state index < -0.39 is 45.9 Å². The van der Waals surface area contributed by atoms with E-state index in [0.29, 0.717) is 6.42 Å². The van der Waals surface area contributed by atoms with Crippen LogP contribution in [0.25, 0.3) is 0 Å². The molecule has 1 atom stereocenters. The fourth-order valence-electron chi connectivity index (χ4n) is 3.19. The summed E-state index contributed by atoms with van der Waals surface area (Å²) in [6.07, 6.45) is -0.337. The van der Waals surface area contributed by atoms with Gasteiger partial charge in [0.1, 0.15) is 11.6 Å². The quantitative estimate of drug-likeness (QED) is 0.366. The summed E-state index contributed by atoms with van der Waals surface area (Å²) in [5.74, 6) is -1.14. The highest BCUT2D eigenvalue weighted by Gasteiger charge is 2.32. The lowest BCUT2D eigenvalue weighted by atomic mass is 10.0. The maximum Gasteiger partial charge on any atom is 0.410 e. The van der Waals surface area contributed by atoms with Crippen LogP contribution in [-0.4, -0.2) is 56.5 Å². The number of carbonyl (C=O) groups is 3. The number of amides is 1. The second-order valence-electron chi connectivity index (χ2n) is 9.61. The fourth-order valence-corrected chi connectivity index (χ4v) is 4.47. The van der Waals surface area contributed by atoms with Crippen molar-refractivity contribution in [2.24, 2.45) is 5.92 Å². The van der Waals surface area contributed by atoms with Gasteiger partial charge in [-0.1, -0.05) is 32.0 Å². The Kier molecular flexibility index (Phi) is 9.20. The second-order valence-corrected chi connectivity index (χ2v) is 11.6. The molecule has 8 nitrogen and oxygen atoms in total. The summed E-state index contributed by atoms with van der Waals surface area (Å²) in [4.78, 5) is 39.2. The summed E-state index contributed by atoms with van der Waals surface area (Å²) in [7, 11) is -2.25. The number of sulfone groups is 1. The second kappa shape index (κ2) is 11.5. The number of hydrogen-bond acceptors (Lipinski definition) is 7. The number of ether oxygens (including phenoxy) is 2. The Morgan fingerprint density at radius 2 is 1.46 bits per heavy atom. The van der Waals surface area contributed by atoms with E-state index in [-0.39, 0.29) is 21.3 Å².